The number of methoxy groups -OCH3 is 1. The predicted octanol–water partition coefficient (Wildman–Crippen LogP) is 4.22. The topological polar surface area (TPSA) is 55.8 Å². The summed E-state index contributed by atoms with van der Waals surface area (Å²) in [4.78, 5) is 11.9. The van der Waals surface area contributed by atoms with Crippen molar-refractivity contribution in [3.63, 3.8) is 0 Å². The van der Waals surface area contributed by atoms with Crippen LogP contribution in [0.2, 0.25) is 0 Å². The number of ether oxygens (including phenoxy) is 2. The number of carboxylic acid groups (broad SMARTS) is 1. The lowest BCUT2D eigenvalue weighted by Gasteiger charge is -2.29. The summed E-state index contributed by atoms with van der Waals surface area (Å²) in [6.07, 6.45) is 0.729. The van der Waals surface area contributed by atoms with Gasteiger partial charge in [-0.1, -0.05) is 20.8 Å². The Morgan fingerprint density at radius 2 is 2.04 bits per heavy atom. The summed E-state index contributed by atoms with van der Waals surface area (Å²) in [5, 5.41) is 8.96. The van der Waals surface area contributed by atoms with Gasteiger partial charge in [0, 0.05) is 30.3 Å². The van der Waals surface area contributed by atoms with Gasteiger partial charge in [0.2, 0.25) is 0 Å². The minimum absolute atomic E-state index is 0.0512. The summed E-state index contributed by atoms with van der Waals surface area (Å²) in [5.74, 6) is -1.07. The minimum Gasteiger partial charge on any atom is -0.490 e. The zero-order valence-electron chi connectivity index (χ0n) is 14.1. The molecule has 130 valence electrons. The molecule has 0 fully saturated rings. The molecule has 4 nitrogen and oxygen atoms in total. The van der Waals surface area contributed by atoms with Crippen LogP contribution in [0.3, 0.4) is 0 Å². The van der Waals surface area contributed by atoms with E-state index >= 15 is 0 Å². The third-order valence-electron chi connectivity index (χ3n) is 3.26. The van der Waals surface area contributed by atoms with Crippen LogP contribution in [0, 0.1) is 11.2 Å². The van der Waals surface area contributed by atoms with Crippen LogP contribution in [0.15, 0.2) is 23.1 Å². The molecule has 0 heterocycles. The molecule has 1 aromatic rings. The monoisotopic (exact) mass is 344 g/mol. The first-order valence-corrected chi connectivity index (χ1v) is 8.41. The standard InChI is InChI=1S/C17H25FO4S/c1-17(2,3)15(11-16(19)20)23-12-6-7-13(18)14(10-12)22-9-5-8-21-4/h6-7,10,15H,5,8-9,11H2,1-4H3,(H,19,20). The molecule has 1 N–H and O–H groups in total. The molecule has 23 heavy (non-hydrogen) atoms. The number of carbonyl (C=O) groups is 1. The number of hydrogen-bond acceptors (Lipinski definition) is 4. The van der Waals surface area contributed by atoms with Gasteiger partial charge in [-0.25, -0.2) is 4.39 Å². The van der Waals surface area contributed by atoms with Crippen LogP contribution in [0.25, 0.3) is 0 Å². The van der Waals surface area contributed by atoms with Crippen LogP contribution in [0.5, 0.6) is 5.75 Å². The molecular formula is C17H25FO4S. The van der Waals surface area contributed by atoms with E-state index in [1.807, 2.05) is 20.8 Å². The number of halogens is 1. The fraction of sp³-hybridized carbons (Fsp3) is 0.588. The molecule has 0 saturated heterocycles. The maximum absolute atomic E-state index is 13.8. The molecule has 0 radical (unpaired) electrons. The third-order valence-corrected chi connectivity index (χ3v) is 4.94. The van der Waals surface area contributed by atoms with E-state index in [0.29, 0.717) is 19.6 Å². The highest BCUT2D eigenvalue weighted by atomic mass is 32.2. The van der Waals surface area contributed by atoms with Gasteiger partial charge in [-0.05, 0) is 23.6 Å². The maximum atomic E-state index is 13.8. The Balaban J connectivity index is 2.80. The van der Waals surface area contributed by atoms with Crippen molar-refractivity contribution in [2.45, 2.75) is 43.8 Å². The fourth-order valence-corrected chi connectivity index (χ4v) is 3.13. The second-order valence-corrected chi connectivity index (χ2v) is 7.63. The first kappa shape index (κ1) is 19.8. The smallest absolute Gasteiger partial charge is 0.304 e. The number of benzene rings is 1. The molecule has 0 aliphatic heterocycles. The van der Waals surface area contributed by atoms with E-state index in [4.69, 9.17) is 14.6 Å². The normalized spacial score (nSPS) is 12.9. The number of aliphatic carboxylic acids is 1. The Morgan fingerprint density at radius 1 is 1.35 bits per heavy atom. The van der Waals surface area contributed by atoms with E-state index in [1.165, 1.54) is 17.8 Å². The van der Waals surface area contributed by atoms with Crippen LogP contribution in [-0.2, 0) is 9.53 Å². The van der Waals surface area contributed by atoms with Gasteiger partial charge < -0.3 is 14.6 Å². The molecule has 0 bridgehead atoms. The average molecular weight is 344 g/mol. The van der Waals surface area contributed by atoms with Gasteiger partial charge >= 0.3 is 5.97 Å². The molecule has 0 aliphatic rings. The summed E-state index contributed by atoms with van der Waals surface area (Å²) in [6, 6.07) is 4.64. The SMILES string of the molecule is COCCCOc1cc(SC(CC(=O)O)C(C)(C)C)ccc1F. The van der Waals surface area contributed by atoms with Gasteiger partial charge in [0.1, 0.15) is 0 Å². The van der Waals surface area contributed by atoms with Gasteiger partial charge in [-0.15, -0.1) is 11.8 Å². The van der Waals surface area contributed by atoms with E-state index in [1.54, 1.807) is 19.2 Å². The molecule has 6 heteroatoms. The fourth-order valence-electron chi connectivity index (χ4n) is 1.90. The van der Waals surface area contributed by atoms with Crippen molar-refractivity contribution < 1.29 is 23.8 Å². The largest absolute Gasteiger partial charge is 0.490 e. The Bertz CT molecular complexity index is 514. The van der Waals surface area contributed by atoms with Crippen LogP contribution < -0.4 is 4.74 Å². The second-order valence-electron chi connectivity index (χ2n) is 6.36. The van der Waals surface area contributed by atoms with Gasteiger partial charge in [-0.3, -0.25) is 4.79 Å². The second kappa shape index (κ2) is 9.13. The average Bonchev–Trinajstić information content (AvgIpc) is 2.44. The van der Waals surface area contributed by atoms with Gasteiger partial charge in [0.05, 0.1) is 13.0 Å². The van der Waals surface area contributed by atoms with Gasteiger partial charge in [-0.2, -0.15) is 0 Å². The van der Waals surface area contributed by atoms with Crippen molar-refractivity contribution in [3.8, 4) is 5.75 Å². The first-order valence-electron chi connectivity index (χ1n) is 7.53. The van der Waals surface area contributed by atoms with Gasteiger partial charge in [0.15, 0.2) is 11.6 Å². The summed E-state index contributed by atoms with van der Waals surface area (Å²) >= 11 is 1.44. The molecule has 1 unspecified atom stereocenters. The third kappa shape index (κ3) is 7.22. The molecule has 1 atom stereocenters. The molecule has 0 saturated carbocycles. The van der Waals surface area contributed by atoms with E-state index in [-0.39, 0.29) is 22.8 Å². The highest BCUT2D eigenvalue weighted by Gasteiger charge is 2.28. The summed E-state index contributed by atoms with van der Waals surface area (Å²) in [5.41, 5.74) is -0.184. The molecular weight excluding hydrogens is 319 g/mol. The molecule has 0 aliphatic carbocycles. The summed E-state index contributed by atoms with van der Waals surface area (Å²) in [6.45, 7) is 6.93. The van der Waals surface area contributed by atoms with Crippen LogP contribution in [0.1, 0.15) is 33.6 Å². The summed E-state index contributed by atoms with van der Waals surface area (Å²) < 4.78 is 24.2. The lowest BCUT2D eigenvalue weighted by Crippen LogP contribution is -2.25. The lowest BCUT2D eigenvalue weighted by molar-refractivity contribution is -0.137. The zero-order valence-corrected chi connectivity index (χ0v) is 14.9. The lowest BCUT2D eigenvalue weighted by atomic mass is 9.90. The van der Waals surface area contributed by atoms with Crippen molar-refractivity contribution in [2.24, 2.45) is 5.41 Å². The zero-order chi connectivity index (χ0) is 17.5. The predicted molar refractivity (Wildman–Crippen MR) is 89.7 cm³/mol. The van der Waals surface area contributed by atoms with E-state index < -0.39 is 11.8 Å². The highest BCUT2D eigenvalue weighted by Crippen LogP contribution is 2.38. The Labute approximate surface area is 141 Å². The van der Waals surface area contributed by atoms with Crippen LogP contribution in [-0.4, -0.2) is 36.6 Å². The number of carboxylic acids is 1. The van der Waals surface area contributed by atoms with Crippen molar-refractivity contribution in [1.82, 2.24) is 0 Å². The van der Waals surface area contributed by atoms with Crippen molar-refractivity contribution in [3.05, 3.63) is 24.0 Å². The molecule has 0 spiro atoms. The van der Waals surface area contributed by atoms with Crippen LogP contribution >= 0.6 is 11.8 Å². The molecule has 1 rings (SSSR count). The summed E-state index contributed by atoms with van der Waals surface area (Å²) in [7, 11) is 1.60. The Kier molecular flexibility index (Phi) is 7.85. The molecule has 0 amide bonds. The molecule has 1 aromatic carbocycles. The highest BCUT2D eigenvalue weighted by molar-refractivity contribution is 8.00. The van der Waals surface area contributed by atoms with E-state index in [9.17, 15) is 9.18 Å². The maximum Gasteiger partial charge on any atom is 0.304 e. The van der Waals surface area contributed by atoms with E-state index in [0.717, 1.165) is 4.90 Å². The van der Waals surface area contributed by atoms with Gasteiger partial charge in [0.25, 0.3) is 0 Å². The first-order chi connectivity index (χ1) is 10.7. The van der Waals surface area contributed by atoms with Crippen molar-refractivity contribution in [2.75, 3.05) is 20.3 Å². The number of thioether (sulfide) groups is 1. The van der Waals surface area contributed by atoms with Crippen molar-refractivity contribution in [1.29, 1.82) is 0 Å². The molecule has 0 aromatic heterocycles. The number of rotatable bonds is 9. The minimum atomic E-state index is -0.837. The Hall–Kier alpha value is -1.27. The van der Waals surface area contributed by atoms with Crippen molar-refractivity contribution >= 4 is 17.7 Å². The quantitative estimate of drug-likeness (QED) is 0.537. The van der Waals surface area contributed by atoms with Crippen LogP contribution in [0.4, 0.5) is 4.39 Å². The van der Waals surface area contributed by atoms with E-state index in [2.05, 4.69) is 0 Å². The number of hydrogen-bond donors (Lipinski definition) is 1. The Morgan fingerprint density at radius 3 is 2.61 bits per heavy atom.